The molecule has 1 aromatic carbocycles. The van der Waals surface area contributed by atoms with Crippen LogP contribution in [0.1, 0.15) is 37.4 Å². The van der Waals surface area contributed by atoms with Crippen molar-refractivity contribution in [3.8, 4) is 10.7 Å². The van der Waals surface area contributed by atoms with Crippen LogP contribution in [0.2, 0.25) is 0 Å². The molecule has 3 aromatic heterocycles. The Morgan fingerprint density at radius 3 is 2.54 bits per heavy atom. The molecule has 28 heavy (non-hydrogen) atoms. The number of hydrogen-bond donors (Lipinski definition) is 1. The van der Waals surface area contributed by atoms with E-state index in [0.29, 0.717) is 4.88 Å². The predicted molar refractivity (Wildman–Crippen MR) is 115 cm³/mol. The van der Waals surface area contributed by atoms with Gasteiger partial charge < -0.3 is 5.32 Å². The average Bonchev–Trinajstić information content (AvgIpc) is 3.37. The Morgan fingerprint density at radius 2 is 1.86 bits per heavy atom. The van der Waals surface area contributed by atoms with Crippen LogP contribution in [0.25, 0.3) is 10.7 Å². The first kappa shape index (κ1) is 18.5. The summed E-state index contributed by atoms with van der Waals surface area (Å²) in [6, 6.07) is 17.8. The third kappa shape index (κ3) is 3.88. The Balaban J connectivity index is 1.63. The Morgan fingerprint density at radius 1 is 1.04 bits per heavy atom. The molecule has 1 unspecified atom stereocenters. The first-order valence-electron chi connectivity index (χ1n) is 8.91. The summed E-state index contributed by atoms with van der Waals surface area (Å²) in [6.45, 7) is 3.92. The van der Waals surface area contributed by atoms with Gasteiger partial charge in [-0.3, -0.25) is 9.78 Å². The molecule has 4 rings (SSSR count). The number of amides is 1. The molecule has 1 atom stereocenters. The molecule has 0 spiro atoms. The molecular formula is C22H19N3OS2. The Hall–Kier alpha value is -2.83. The molecule has 1 amide bonds. The van der Waals surface area contributed by atoms with Gasteiger partial charge in [0.2, 0.25) is 0 Å². The van der Waals surface area contributed by atoms with E-state index in [1.807, 2.05) is 42.6 Å². The summed E-state index contributed by atoms with van der Waals surface area (Å²) in [6.07, 6.45) is 1.73. The first-order chi connectivity index (χ1) is 13.6. The van der Waals surface area contributed by atoms with Crippen molar-refractivity contribution < 1.29 is 4.79 Å². The van der Waals surface area contributed by atoms with Crippen LogP contribution in [0.3, 0.4) is 0 Å². The number of hydrogen-bond acceptors (Lipinski definition) is 5. The van der Waals surface area contributed by atoms with Gasteiger partial charge in [0.25, 0.3) is 5.91 Å². The molecule has 0 saturated carbocycles. The molecule has 0 aliphatic carbocycles. The topological polar surface area (TPSA) is 54.9 Å². The lowest BCUT2D eigenvalue weighted by molar-refractivity contribution is 0.0947. The molecule has 6 heteroatoms. The second-order valence-electron chi connectivity index (χ2n) is 6.48. The summed E-state index contributed by atoms with van der Waals surface area (Å²) in [5.74, 6) is -0.115. The summed E-state index contributed by atoms with van der Waals surface area (Å²) >= 11 is 3.01. The molecule has 4 nitrogen and oxygen atoms in total. The number of benzene rings is 1. The summed E-state index contributed by atoms with van der Waals surface area (Å²) < 4.78 is 0. The van der Waals surface area contributed by atoms with Crippen LogP contribution in [0.15, 0.2) is 66.2 Å². The molecule has 0 radical (unpaired) electrons. The van der Waals surface area contributed by atoms with Gasteiger partial charge in [0.05, 0.1) is 17.4 Å². The second kappa shape index (κ2) is 8.04. The van der Waals surface area contributed by atoms with E-state index in [9.17, 15) is 4.79 Å². The largest absolute Gasteiger partial charge is 0.340 e. The molecule has 0 fully saturated rings. The third-order valence-electron chi connectivity index (χ3n) is 4.40. The van der Waals surface area contributed by atoms with Gasteiger partial charge in [0.1, 0.15) is 9.88 Å². The van der Waals surface area contributed by atoms with Crippen molar-refractivity contribution in [1.82, 2.24) is 15.3 Å². The van der Waals surface area contributed by atoms with Gasteiger partial charge in [-0.05, 0) is 43.0 Å². The van der Waals surface area contributed by atoms with Crippen LogP contribution in [-0.2, 0) is 0 Å². The van der Waals surface area contributed by atoms with Crippen LogP contribution in [0.5, 0.6) is 0 Å². The van der Waals surface area contributed by atoms with E-state index in [1.165, 1.54) is 16.9 Å². The average molecular weight is 406 g/mol. The Labute approximate surface area is 171 Å². The van der Waals surface area contributed by atoms with E-state index in [2.05, 4.69) is 46.5 Å². The zero-order chi connectivity index (χ0) is 19.5. The maximum atomic E-state index is 13.1. The Bertz CT molecular complexity index is 1070. The molecule has 3 heterocycles. The molecule has 0 aliphatic rings. The molecule has 4 aromatic rings. The number of nitrogens with zero attached hydrogens (tertiary/aromatic N) is 2. The molecule has 0 saturated heterocycles. The van der Waals surface area contributed by atoms with Crippen molar-refractivity contribution in [2.24, 2.45) is 0 Å². The van der Waals surface area contributed by atoms with E-state index in [0.717, 1.165) is 26.8 Å². The van der Waals surface area contributed by atoms with E-state index in [-0.39, 0.29) is 11.9 Å². The summed E-state index contributed by atoms with van der Waals surface area (Å²) in [5, 5.41) is 5.98. The van der Waals surface area contributed by atoms with Gasteiger partial charge in [-0.25, -0.2) is 4.98 Å². The minimum Gasteiger partial charge on any atom is -0.340 e. The number of rotatable bonds is 5. The zero-order valence-corrected chi connectivity index (χ0v) is 17.2. The zero-order valence-electron chi connectivity index (χ0n) is 15.5. The smallest absolute Gasteiger partial charge is 0.264 e. The lowest BCUT2D eigenvalue weighted by Gasteiger charge is -2.18. The maximum Gasteiger partial charge on any atom is 0.264 e. The first-order valence-corrected chi connectivity index (χ1v) is 10.6. The molecule has 0 bridgehead atoms. The Kier molecular flexibility index (Phi) is 5.32. The lowest BCUT2D eigenvalue weighted by Crippen LogP contribution is -2.28. The highest BCUT2D eigenvalue weighted by Gasteiger charge is 2.22. The highest BCUT2D eigenvalue weighted by molar-refractivity contribution is 7.17. The van der Waals surface area contributed by atoms with E-state index in [1.54, 1.807) is 17.5 Å². The molecule has 140 valence electrons. The van der Waals surface area contributed by atoms with Crippen LogP contribution < -0.4 is 5.32 Å². The number of nitrogens with one attached hydrogen (secondary N) is 1. The number of thiazole rings is 1. The van der Waals surface area contributed by atoms with Crippen molar-refractivity contribution in [3.63, 3.8) is 0 Å². The second-order valence-corrected chi connectivity index (χ2v) is 8.46. The SMILES string of the molecule is Cc1ccc(C(NC(=O)c2sc(-c3ccccn3)nc2C)c2cccs2)cc1. The molecular weight excluding hydrogens is 386 g/mol. The van der Waals surface area contributed by atoms with Crippen molar-refractivity contribution >= 4 is 28.6 Å². The summed E-state index contributed by atoms with van der Waals surface area (Å²) in [7, 11) is 0. The normalized spacial score (nSPS) is 11.9. The fraction of sp³-hybridized carbons (Fsp3) is 0.136. The van der Waals surface area contributed by atoms with Gasteiger partial charge in [0.15, 0.2) is 0 Å². The fourth-order valence-corrected chi connectivity index (χ4v) is 4.68. The van der Waals surface area contributed by atoms with Crippen molar-refractivity contribution in [3.05, 3.63) is 92.7 Å². The number of carbonyl (C=O) groups is 1. The van der Waals surface area contributed by atoms with Crippen LogP contribution in [0.4, 0.5) is 0 Å². The van der Waals surface area contributed by atoms with Crippen molar-refractivity contribution in [2.75, 3.05) is 0 Å². The van der Waals surface area contributed by atoms with Gasteiger partial charge in [-0.15, -0.1) is 22.7 Å². The molecule has 1 N–H and O–H groups in total. The lowest BCUT2D eigenvalue weighted by atomic mass is 10.0. The highest BCUT2D eigenvalue weighted by Crippen LogP contribution is 2.30. The quantitative estimate of drug-likeness (QED) is 0.483. The van der Waals surface area contributed by atoms with E-state index in [4.69, 9.17) is 0 Å². The number of carbonyl (C=O) groups excluding carboxylic acids is 1. The monoisotopic (exact) mass is 405 g/mol. The van der Waals surface area contributed by atoms with Gasteiger partial charge >= 0.3 is 0 Å². The molecule has 0 aliphatic heterocycles. The van der Waals surface area contributed by atoms with Gasteiger partial charge in [0, 0.05) is 11.1 Å². The summed E-state index contributed by atoms with van der Waals surface area (Å²) in [5.41, 5.74) is 3.76. The van der Waals surface area contributed by atoms with Gasteiger partial charge in [-0.2, -0.15) is 0 Å². The van der Waals surface area contributed by atoms with Crippen LogP contribution in [0, 0.1) is 13.8 Å². The van der Waals surface area contributed by atoms with Gasteiger partial charge in [-0.1, -0.05) is 42.0 Å². The third-order valence-corrected chi connectivity index (χ3v) is 6.52. The number of aromatic nitrogens is 2. The maximum absolute atomic E-state index is 13.1. The summed E-state index contributed by atoms with van der Waals surface area (Å²) in [4.78, 5) is 23.7. The fourth-order valence-electron chi connectivity index (χ4n) is 2.94. The standard InChI is InChI=1S/C22H19N3OS2/c1-14-8-10-16(11-9-14)19(18-7-5-13-27-18)25-21(26)20-15(2)24-22(28-20)17-6-3-4-12-23-17/h3-13,19H,1-2H3,(H,25,26). The minimum absolute atomic E-state index is 0.115. The van der Waals surface area contributed by atoms with Crippen LogP contribution in [-0.4, -0.2) is 15.9 Å². The predicted octanol–water partition coefficient (Wildman–Crippen LogP) is 5.40. The minimum atomic E-state index is -0.187. The van der Waals surface area contributed by atoms with Crippen molar-refractivity contribution in [1.29, 1.82) is 0 Å². The number of thiophene rings is 1. The van der Waals surface area contributed by atoms with E-state index >= 15 is 0 Å². The highest BCUT2D eigenvalue weighted by atomic mass is 32.1. The number of aryl methyl sites for hydroxylation is 2. The van der Waals surface area contributed by atoms with Crippen molar-refractivity contribution in [2.45, 2.75) is 19.9 Å². The van der Waals surface area contributed by atoms with Crippen LogP contribution >= 0.6 is 22.7 Å². The van der Waals surface area contributed by atoms with E-state index < -0.39 is 0 Å². The number of pyridine rings is 1.